The minimum Gasteiger partial charge on any atom is -0.508 e. The number of carbonyl (C=O) groups is 1. The predicted molar refractivity (Wildman–Crippen MR) is 56.7 cm³/mol. The van der Waals surface area contributed by atoms with Crippen molar-refractivity contribution in [1.82, 2.24) is 4.98 Å². The van der Waals surface area contributed by atoms with Crippen molar-refractivity contribution in [2.75, 3.05) is 0 Å². The normalized spacial score (nSPS) is 10.2. The van der Waals surface area contributed by atoms with Gasteiger partial charge in [0.1, 0.15) is 5.75 Å². The van der Waals surface area contributed by atoms with E-state index in [1.165, 1.54) is 12.1 Å². The molecule has 0 aliphatic heterocycles. The van der Waals surface area contributed by atoms with Crippen LogP contribution in [0.15, 0.2) is 33.5 Å². The Kier molecular flexibility index (Phi) is 2.55. The van der Waals surface area contributed by atoms with E-state index in [1.54, 1.807) is 12.1 Å². The highest BCUT2D eigenvalue weighted by Crippen LogP contribution is 2.28. The lowest BCUT2D eigenvalue weighted by Gasteiger charge is -1.97. The summed E-state index contributed by atoms with van der Waals surface area (Å²) in [6, 6.07) is 6.42. The molecule has 1 aromatic heterocycles. The number of halogens is 1. The number of hydrogen-bond donors (Lipinski definition) is 1. The maximum Gasteiger partial charge on any atom is 0.265 e. The second kappa shape index (κ2) is 3.86. The molecule has 15 heavy (non-hydrogen) atoms. The van der Waals surface area contributed by atoms with Crippen molar-refractivity contribution in [3.63, 3.8) is 0 Å². The molecule has 0 radical (unpaired) electrons. The van der Waals surface area contributed by atoms with Crippen LogP contribution in [0.25, 0.3) is 11.3 Å². The summed E-state index contributed by atoms with van der Waals surface area (Å²) in [5.74, 6) is 0.449. The maximum absolute atomic E-state index is 10.7. The van der Waals surface area contributed by atoms with Crippen LogP contribution in [0, 0.1) is 0 Å². The fraction of sp³-hybridized carbons (Fsp3) is 0. The van der Waals surface area contributed by atoms with Gasteiger partial charge in [0.2, 0.25) is 0 Å². The highest BCUT2D eigenvalue weighted by molar-refractivity contribution is 9.10. The average Bonchev–Trinajstić information content (AvgIpc) is 2.59. The average molecular weight is 268 g/mol. The van der Waals surface area contributed by atoms with Crippen LogP contribution in [-0.2, 0) is 0 Å². The van der Waals surface area contributed by atoms with E-state index >= 15 is 0 Å². The first-order valence-corrected chi connectivity index (χ1v) is 4.91. The van der Waals surface area contributed by atoms with Crippen LogP contribution in [-0.4, -0.2) is 16.4 Å². The summed E-state index contributed by atoms with van der Waals surface area (Å²) in [4.78, 5) is 14.8. The Bertz CT molecular complexity index is 507. The van der Waals surface area contributed by atoms with E-state index < -0.39 is 0 Å². The number of benzene rings is 1. The molecule has 0 aliphatic carbocycles. The molecular formula is C10H6BrNO3. The summed E-state index contributed by atoms with van der Waals surface area (Å²) in [5.41, 5.74) is 0.808. The molecule has 1 aromatic carbocycles. The van der Waals surface area contributed by atoms with Crippen molar-refractivity contribution in [2.45, 2.75) is 0 Å². The van der Waals surface area contributed by atoms with Crippen LogP contribution in [0.5, 0.6) is 5.75 Å². The Labute approximate surface area is 93.7 Å². The quantitative estimate of drug-likeness (QED) is 0.850. The number of aromatic hydroxyl groups is 1. The summed E-state index contributed by atoms with van der Waals surface area (Å²) >= 11 is 3.04. The molecule has 0 saturated carbocycles. The first kappa shape index (κ1) is 9.92. The number of phenols is 1. The first-order chi connectivity index (χ1) is 7.20. The minimum atomic E-state index is 0.108. The molecule has 2 aromatic rings. The van der Waals surface area contributed by atoms with Gasteiger partial charge in [-0.1, -0.05) is 12.1 Å². The number of aldehydes is 1. The summed E-state index contributed by atoms with van der Waals surface area (Å²) in [6.45, 7) is 0. The van der Waals surface area contributed by atoms with Crippen molar-refractivity contribution >= 4 is 22.2 Å². The van der Waals surface area contributed by atoms with Gasteiger partial charge in [-0.3, -0.25) is 4.79 Å². The molecule has 0 fully saturated rings. The van der Waals surface area contributed by atoms with Crippen LogP contribution in [0.4, 0.5) is 0 Å². The van der Waals surface area contributed by atoms with Crippen molar-refractivity contribution in [3.8, 4) is 17.1 Å². The van der Waals surface area contributed by atoms with Gasteiger partial charge in [-0.2, -0.15) is 4.98 Å². The van der Waals surface area contributed by atoms with Gasteiger partial charge in [0.15, 0.2) is 17.7 Å². The number of rotatable bonds is 2. The monoisotopic (exact) mass is 267 g/mol. The Hall–Kier alpha value is -1.62. The molecule has 0 aliphatic rings. The first-order valence-electron chi connectivity index (χ1n) is 4.11. The maximum atomic E-state index is 10.7. The van der Waals surface area contributed by atoms with Crippen LogP contribution in [0.1, 0.15) is 10.5 Å². The number of phenolic OH excluding ortho intramolecular Hbond substituents is 1. The molecule has 0 atom stereocenters. The third-order valence-electron chi connectivity index (χ3n) is 1.85. The van der Waals surface area contributed by atoms with E-state index in [4.69, 9.17) is 4.42 Å². The van der Waals surface area contributed by atoms with Crippen LogP contribution < -0.4 is 0 Å². The zero-order valence-electron chi connectivity index (χ0n) is 7.48. The highest BCUT2D eigenvalue weighted by Gasteiger charge is 2.13. The molecule has 0 unspecified atom stereocenters. The third-order valence-corrected chi connectivity index (χ3v) is 2.19. The topological polar surface area (TPSA) is 63.3 Å². The van der Waals surface area contributed by atoms with E-state index in [0.717, 1.165) is 0 Å². The van der Waals surface area contributed by atoms with Gasteiger partial charge in [0.25, 0.3) is 4.80 Å². The third kappa shape index (κ3) is 1.92. The molecule has 0 spiro atoms. The van der Waals surface area contributed by atoms with E-state index in [2.05, 4.69) is 20.9 Å². The Morgan fingerprint density at radius 3 is 2.93 bits per heavy atom. The molecule has 0 bridgehead atoms. The molecular weight excluding hydrogens is 262 g/mol. The number of aromatic nitrogens is 1. The smallest absolute Gasteiger partial charge is 0.265 e. The minimum absolute atomic E-state index is 0.108. The highest BCUT2D eigenvalue weighted by atomic mass is 79.9. The van der Waals surface area contributed by atoms with Gasteiger partial charge in [-0.15, -0.1) is 0 Å². The van der Waals surface area contributed by atoms with Crippen LogP contribution in [0.2, 0.25) is 0 Å². The fourth-order valence-corrected chi connectivity index (χ4v) is 1.59. The Morgan fingerprint density at radius 2 is 2.27 bits per heavy atom. The number of oxazole rings is 1. The summed E-state index contributed by atoms with van der Waals surface area (Å²) in [7, 11) is 0. The van der Waals surface area contributed by atoms with Crippen molar-refractivity contribution in [2.24, 2.45) is 0 Å². The predicted octanol–water partition coefficient (Wildman–Crippen LogP) is 2.62. The summed E-state index contributed by atoms with van der Waals surface area (Å²) in [6.07, 6.45) is 0.605. The zero-order chi connectivity index (χ0) is 10.8. The number of hydrogen-bond acceptors (Lipinski definition) is 4. The zero-order valence-corrected chi connectivity index (χ0v) is 9.06. The summed E-state index contributed by atoms with van der Waals surface area (Å²) in [5, 5.41) is 9.28. The molecule has 1 N–H and O–H groups in total. The van der Waals surface area contributed by atoms with Crippen molar-refractivity contribution in [3.05, 3.63) is 34.8 Å². The van der Waals surface area contributed by atoms with Gasteiger partial charge in [-0.05, 0) is 12.1 Å². The molecule has 4 nitrogen and oxygen atoms in total. The van der Waals surface area contributed by atoms with Gasteiger partial charge < -0.3 is 9.52 Å². The Morgan fingerprint density at radius 1 is 1.47 bits per heavy atom. The standard InChI is InChI=1S/C10H6BrNO3/c11-10-12-8(5-13)9(15-10)6-2-1-3-7(14)4-6/h1-5,14H. The van der Waals surface area contributed by atoms with E-state index in [-0.39, 0.29) is 16.2 Å². The van der Waals surface area contributed by atoms with Crippen molar-refractivity contribution < 1.29 is 14.3 Å². The van der Waals surface area contributed by atoms with E-state index in [1.807, 2.05) is 0 Å². The number of nitrogens with zero attached hydrogens (tertiary/aromatic N) is 1. The Balaban J connectivity index is 2.57. The lowest BCUT2D eigenvalue weighted by Crippen LogP contribution is -1.83. The van der Waals surface area contributed by atoms with Crippen LogP contribution >= 0.6 is 15.9 Å². The molecule has 1 heterocycles. The van der Waals surface area contributed by atoms with Gasteiger partial charge in [0, 0.05) is 21.5 Å². The second-order valence-corrected chi connectivity index (χ2v) is 3.53. The molecule has 5 heteroatoms. The van der Waals surface area contributed by atoms with Gasteiger partial charge in [0.05, 0.1) is 0 Å². The lowest BCUT2D eigenvalue weighted by atomic mass is 10.1. The van der Waals surface area contributed by atoms with Gasteiger partial charge >= 0.3 is 0 Å². The molecule has 0 amide bonds. The second-order valence-electron chi connectivity index (χ2n) is 2.85. The van der Waals surface area contributed by atoms with Gasteiger partial charge in [-0.25, -0.2) is 0 Å². The SMILES string of the molecule is O=Cc1nc(Br)oc1-c1cccc(O)c1. The fourth-order valence-electron chi connectivity index (χ4n) is 1.24. The lowest BCUT2D eigenvalue weighted by molar-refractivity contribution is 0.111. The van der Waals surface area contributed by atoms with E-state index in [0.29, 0.717) is 17.6 Å². The van der Waals surface area contributed by atoms with Crippen LogP contribution in [0.3, 0.4) is 0 Å². The summed E-state index contributed by atoms with van der Waals surface area (Å²) < 4.78 is 5.21. The molecule has 76 valence electrons. The van der Waals surface area contributed by atoms with E-state index in [9.17, 15) is 9.90 Å². The number of carbonyl (C=O) groups excluding carboxylic acids is 1. The largest absolute Gasteiger partial charge is 0.508 e. The van der Waals surface area contributed by atoms with Crippen molar-refractivity contribution in [1.29, 1.82) is 0 Å². The molecule has 2 rings (SSSR count). The molecule has 0 saturated heterocycles.